The summed E-state index contributed by atoms with van der Waals surface area (Å²) >= 11 is 0. The van der Waals surface area contributed by atoms with Gasteiger partial charge in [0.25, 0.3) is 11.8 Å². The largest absolute Gasteiger partial charge is 0.465 e. The molecule has 3 rings (SSSR count). The first-order valence-electron chi connectivity index (χ1n) is 8.53. The molecule has 0 atom stereocenters. The summed E-state index contributed by atoms with van der Waals surface area (Å²) in [4.78, 5) is 36.6. The Kier molecular flexibility index (Phi) is 5.81. The lowest BCUT2D eigenvalue weighted by Gasteiger charge is -2.12. The number of benzene rings is 3. The van der Waals surface area contributed by atoms with Crippen LogP contribution in [0.25, 0.3) is 0 Å². The van der Waals surface area contributed by atoms with Gasteiger partial charge in [-0.25, -0.2) is 4.79 Å². The van der Waals surface area contributed by atoms with Gasteiger partial charge >= 0.3 is 5.97 Å². The fourth-order valence-electron chi connectivity index (χ4n) is 2.58. The molecule has 0 unspecified atom stereocenters. The number of methoxy groups -OCH3 is 1. The van der Waals surface area contributed by atoms with Gasteiger partial charge < -0.3 is 15.4 Å². The standard InChI is InChI=1S/C22H18N2O4/c1-28-22(27)16-13-11-15(12-14-16)20(25)24-19-10-6-5-9-18(19)21(26)23-17-7-3-2-4-8-17/h2-14H,1H3,(H,23,26)(H,24,25). The van der Waals surface area contributed by atoms with E-state index in [2.05, 4.69) is 15.4 Å². The first-order valence-corrected chi connectivity index (χ1v) is 8.53. The third-order valence-electron chi connectivity index (χ3n) is 4.02. The van der Waals surface area contributed by atoms with Crippen molar-refractivity contribution in [2.24, 2.45) is 0 Å². The van der Waals surface area contributed by atoms with Crippen LogP contribution >= 0.6 is 0 Å². The summed E-state index contributed by atoms with van der Waals surface area (Å²) in [5.74, 6) is -1.20. The summed E-state index contributed by atoms with van der Waals surface area (Å²) in [6.07, 6.45) is 0. The van der Waals surface area contributed by atoms with Crippen LogP contribution in [0, 0.1) is 0 Å². The Morgan fingerprint density at radius 3 is 1.96 bits per heavy atom. The van der Waals surface area contributed by atoms with Crippen LogP contribution in [0.5, 0.6) is 0 Å². The van der Waals surface area contributed by atoms with Crippen LogP contribution in [0.1, 0.15) is 31.1 Å². The molecular formula is C22H18N2O4. The zero-order chi connectivity index (χ0) is 19.9. The molecule has 3 aromatic rings. The first-order chi connectivity index (χ1) is 13.6. The highest BCUT2D eigenvalue weighted by molar-refractivity contribution is 6.12. The summed E-state index contributed by atoms with van der Waals surface area (Å²) < 4.78 is 4.64. The lowest BCUT2D eigenvalue weighted by Crippen LogP contribution is -2.18. The number of carbonyl (C=O) groups is 3. The second-order valence-electron chi connectivity index (χ2n) is 5.89. The number of amides is 2. The van der Waals surface area contributed by atoms with E-state index in [-0.39, 0.29) is 5.91 Å². The van der Waals surface area contributed by atoms with Crippen LogP contribution in [-0.4, -0.2) is 24.9 Å². The highest BCUT2D eigenvalue weighted by Crippen LogP contribution is 2.18. The first kappa shape index (κ1) is 18.8. The van der Waals surface area contributed by atoms with E-state index in [1.807, 2.05) is 18.2 Å². The van der Waals surface area contributed by atoms with Crippen molar-refractivity contribution in [2.75, 3.05) is 17.7 Å². The zero-order valence-electron chi connectivity index (χ0n) is 15.1. The van der Waals surface area contributed by atoms with E-state index < -0.39 is 11.9 Å². The molecule has 0 saturated carbocycles. The quantitative estimate of drug-likeness (QED) is 0.662. The van der Waals surface area contributed by atoms with E-state index in [9.17, 15) is 14.4 Å². The van der Waals surface area contributed by atoms with Gasteiger partial charge in [0.2, 0.25) is 0 Å². The number of ether oxygens (including phenoxy) is 1. The average molecular weight is 374 g/mol. The predicted molar refractivity (Wildman–Crippen MR) is 107 cm³/mol. The minimum Gasteiger partial charge on any atom is -0.465 e. The van der Waals surface area contributed by atoms with Gasteiger partial charge in [0.05, 0.1) is 23.9 Å². The summed E-state index contributed by atoms with van der Waals surface area (Å²) in [5.41, 5.74) is 2.09. The molecule has 0 aliphatic carbocycles. The number of hydrogen-bond acceptors (Lipinski definition) is 4. The number of para-hydroxylation sites is 2. The molecule has 6 heteroatoms. The van der Waals surface area contributed by atoms with Gasteiger partial charge in [-0.05, 0) is 48.5 Å². The van der Waals surface area contributed by atoms with Crippen LogP contribution in [0.4, 0.5) is 11.4 Å². The SMILES string of the molecule is COC(=O)c1ccc(C(=O)Nc2ccccc2C(=O)Nc2ccccc2)cc1. The van der Waals surface area contributed by atoms with Crippen molar-refractivity contribution in [2.45, 2.75) is 0 Å². The van der Waals surface area contributed by atoms with Gasteiger partial charge in [0.15, 0.2) is 0 Å². The molecule has 2 amide bonds. The van der Waals surface area contributed by atoms with E-state index in [0.717, 1.165) is 0 Å². The Morgan fingerprint density at radius 2 is 1.29 bits per heavy atom. The highest BCUT2D eigenvalue weighted by Gasteiger charge is 2.15. The fourth-order valence-corrected chi connectivity index (χ4v) is 2.58. The van der Waals surface area contributed by atoms with Crippen molar-refractivity contribution in [3.8, 4) is 0 Å². The zero-order valence-corrected chi connectivity index (χ0v) is 15.1. The van der Waals surface area contributed by atoms with E-state index in [4.69, 9.17) is 0 Å². The van der Waals surface area contributed by atoms with E-state index in [1.165, 1.54) is 31.4 Å². The third-order valence-corrected chi connectivity index (χ3v) is 4.02. The number of esters is 1. The van der Waals surface area contributed by atoms with Crippen molar-refractivity contribution >= 4 is 29.2 Å². The average Bonchev–Trinajstić information content (AvgIpc) is 2.74. The van der Waals surface area contributed by atoms with E-state index >= 15 is 0 Å². The maximum atomic E-state index is 12.6. The molecule has 0 heterocycles. The van der Waals surface area contributed by atoms with Gasteiger partial charge in [-0.15, -0.1) is 0 Å². The summed E-state index contributed by atoms with van der Waals surface area (Å²) in [7, 11) is 1.29. The minimum absolute atomic E-state index is 0.330. The molecule has 0 fully saturated rings. The fraction of sp³-hybridized carbons (Fsp3) is 0.0455. The van der Waals surface area contributed by atoms with Crippen molar-refractivity contribution in [3.63, 3.8) is 0 Å². The Hall–Kier alpha value is -3.93. The maximum Gasteiger partial charge on any atom is 0.337 e. The van der Waals surface area contributed by atoms with Crippen LogP contribution < -0.4 is 10.6 Å². The van der Waals surface area contributed by atoms with E-state index in [1.54, 1.807) is 36.4 Å². The van der Waals surface area contributed by atoms with Crippen molar-refractivity contribution < 1.29 is 19.1 Å². The Balaban J connectivity index is 1.76. The number of rotatable bonds is 5. The lowest BCUT2D eigenvalue weighted by molar-refractivity contribution is 0.0600. The number of nitrogens with one attached hydrogen (secondary N) is 2. The Bertz CT molecular complexity index is 999. The molecule has 28 heavy (non-hydrogen) atoms. The molecular weight excluding hydrogens is 356 g/mol. The molecule has 140 valence electrons. The monoisotopic (exact) mass is 374 g/mol. The van der Waals surface area contributed by atoms with Crippen LogP contribution in [-0.2, 0) is 4.74 Å². The molecule has 0 aliphatic heterocycles. The van der Waals surface area contributed by atoms with Crippen molar-refractivity contribution in [3.05, 3.63) is 95.6 Å². The van der Waals surface area contributed by atoms with Crippen molar-refractivity contribution in [1.29, 1.82) is 0 Å². The summed E-state index contributed by atoms with van der Waals surface area (Å²) in [5, 5.41) is 5.54. The van der Waals surface area contributed by atoms with Gasteiger partial charge in [0, 0.05) is 11.3 Å². The Morgan fingerprint density at radius 1 is 0.679 bits per heavy atom. The minimum atomic E-state index is -0.477. The molecule has 2 N–H and O–H groups in total. The van der Waals surface area contributed by atoms with Gasteiger partial charge in [0.1, 0.15) is 0 Å². The molecule has 0 aromatic heterocycles. The molecule has 0 spiro atoms. The molecule has 0 aliphatic rings. The Labute approximate surface area is 162 Å². The molecule has 0 radical (unpaired) electrons. The summed E-state index contributed by atoms with van der Waals surface area (Å²) in [6, 6.07) is 21.9. The van der Waals surface area contributed by atoms with Gasteiger partial charge in [-0.1, -0.05) is 30.3 Å². The third kappa shape index (κ3) is 4.42. The van der Waals surface area contributed by atoms with Gasteiger partial charge in [-0.2, -0.15) is 0 Å². The van der Waals surface area contributed by atoms with Gasteiger partial charge in [-0.3, -0.25) is 9.59 Å². The number of hydrogen-bond donors (Lipinski definition) is 2. The normalized spacial score (nSPS) is 10.0. The topological polar surface area (TPSA) is 84.5 Å². The number of anilines is 2. The summed E-state index contributed by atoms with van der Waals surface area (Å²) in [6.45, 7) is 0. The lowest BCUT2D eigenvalue weighted by atomic mass is 10.1. The molecule has 3 aromatic carbocycles. The highest BCUT2D eigenvalue weighted by atomic mass is 16.5. The van der Waals surface area contributed by atoms with Crippen molar-refractivity contribution in [1.82, 2.24) is 0 Å². The smallest absolute Gasteiger partial charge is 0.337 e. The second-order valence-corrected chi connectivity index (χ2v) is 5.89. The molecule has 6 nitrogen and oxygen atoms in total. The van der Waals surface area contributed by atoms with Crippen LogP contribution in [0.2, 0.25) is 0 Å². The second kappa shape index (κ2) is 8.64. The number of carbonyl (C=O) groups excluding carboxylic acids is 3. The predicted octanol–water partition coefficient (Wildman–Crippen LogP) is 3.98. The maximum absolute atomic E-state index is 12.6. The van der Waals surface area contributed by atoms with Crippen LogP contribution in [0.3, 0.4) is 0 Å². The molecule has 0 saturated heterocycles. The molecule has 0 bridgehead atoms. The van der Waals surface area contributed by atoms with Crippen LogP contribution in [0.15, 0.2) is 78.9 Å². The van der Waals surface area contributed by atoms with E-state index in [0.29, 0.717) is 28.1 Å².